The van der Waals surface area contributed by atoms with Gasteiger partial charge in [0.1, 0.15) is 5.01 Å². The van der Waals surface area contributed by atoms with Gasteiger partial charge in [-0.1, -0.05) is 140 Å². The normalized spacial score (nSPS) is 11.7. The smallest absolute Gasteiger partial charge is 0.164 e. The predicted octanol–water partition coefficient (Wildman–Crippen LogP) is 13.5. The van der Waals surface area contributed by atoms with Gasteiger partial charge in [0.25, 0.3) is 0 Å². The molecule has 252 valence electrons. The molecule has 8 aromatic carbocycles. The lowest BCUT2D eigenvalue weighted by Crippen LogP contribution is -2.01. The van der Waals surface area contributed by atoms with E-state index in [1.54, 1.807) is 22.7 Å². The van der Waals surface area contributed by atoms with Crippen LogP contribution in [0.5, 0.6) is 0 Å². The molecular formula is C48H28N4S2. The lowest BCUT2D eigenvalue weighted by molar-refractivity contribution is 1.08. The molecule has 0 saturated heterocycles. The number of aromatic nitrogens is 4. The molecule has 0 spiro atoms. The molecule has 11 rings (SSSR count). The van der Waals surface area contributed by atoms with Crippen molar-refractivity contribution in [1.29, 1.82) is 0 Å². The Kier molecular flexibility index (Phi) is 7.18. The average Bonchev–Trinajstić information content (AvgIpc) is 3.83. The molecule has 0 aliphatic rings. The summed E-state index contributed by atoms with van der Waals surface area (Å²) in [7, 11) is 0. The van der Waals surface area contributed by atoms with E-state index < -0.39 is 0 Å². The van der Waals surface area contributed by atoms with E-state index in [0.29, 0.717) is 17.5 Å². The third-order valence-corrected chi connectivity index (χ3v) is 12.3. The van der Waals surface area contributed by atoms with E-state index in [1.165, 1.54) is 25.6 Å². The molecule has 3 aromatic heterocycles. The summed E-state index contributed by atoms with van der Waals surface area (Å²) in [5.41, 5.74) is 7.28. The molecule has 54 heavy (non-hydrogen) atoms. The summed E-state index contributed by atoms with van der Waals surface area (Å²) in [5.74, 6) is 1.93. The van der Waals surface area contributed by atoms with Gasteiger partial charge in [0.2, 0.25) is 0 Å². The summed E-state index contributed by atoms with van der Waals surface area (Å²) in [6.45, 7) is 0. The van der Waals surface area contributed by atoms with Crippen LogP contribution in [0, 0.1) is 0 Å². The molecular weight excluding hydrogens is 697 g/mol. The minimum absolute atomic E-state index is 0.640. The lowest BCUT2D eigenvalue weighted by atomic mass is 9.93. The van der Waals surface area contributed by atoms with Crippen molar-refractivity contribution in [3.63, 3.8) is 0 Å². The summed E-state index contributed by atoms with van der Waals surface area (Å²) < 4.78 is 3.54. The number of thiophene rings is 1. The Bertz CT molecular complexity index is 3220. The molecule has 0 amide bonds. The van der Waals surface area contributed by atoms with Crippen molar-refractivity contribution < 1.29 is 0 Å². The van der Waals surface area contributed by atoms with Crippen LogP contribution in [0.2, 0.25) is 0 Å². The van der Waals surface area contributed by atoms with Crippen molar-refractivity contribution in [3.05, 3.63) is 170 Å². The van der Waals surface area contributed by atoms with Crippen molar-refractivity contribution in [2.24, 2.45) is 0 Å². The van der Waals surface area contributed by atoms with Crippen LogP contribution in [-0.4, -0.2) is 19.9 Å². The van der Waals surface area contributed by atoms with Crippen LogP contribution in [0.3, 0.4) is 0 Å². The minimum Gasteiger partial charge on any atom is -0.236 e. The van der Waals surface area contributed by atoms with Crippen molar-refractivity contribution in [1.82, 2.24) is 19.9 Å². The maximum atomic E-state index is 5.37. The van der Waals surface area contributed by atoms with Crippen LogP contribution in [0.4, 0.5) is 0 Å². The first kappa shape index (κ1) is 31.0. The highest BCUT2D eigenvalue weighted by molar-refractivity contribution is 7.26. The summed E-state index contributed by atoms with van der Waals surface area (Å²) in [6.07, 6.45) is 0. The Morgan fingerprint density at radius 2 is 1.04 bits per heavy atom. The van der Waals surface area contributed by atoms with E-state index in [1.807, 2.05) is 6.07 Å². The van der Waals surface area contributed by atoms with Gasteiger partial charge in [-0.3, -0.25) is 0 Å². The van der Waals surface area contributed by atoms with Gasteiger partial charge >= 0.3 is 0 Å². The van der Waals surface area contributed by atoms with E-state index in [0.717, 1.165) is 64.8 Å². The van der Waals surface area contributed by atoms with Crippen LogP contribution in [0.15, 0.2) is 170 Å². The van der Waals surface area contributed by atoms with Crippen molar-refractivity contribution in [3.8, 4) is 55.9 Å². The summed E-state index contributed by atoms with van der Waals surface area (Å²) in [5, 5.41) is 8.01. The Morgan fingerprint density at radius 1 is 0.352 bits per heavy atom. The van der Waals surface area contributed by atoms with Gasteiger partial charge < -0.3 is 0 Å². The van der Waals surface area contributed by atoms with E-state index in [-0.39, 0.29) is 0 Å². The fourth-order valence-corrected chi connectivity index (χ4v) is 9.72. The molecule has 4 nitrogen and oxygen atoms in total. The van der Waals surface area contributed by atoms with Crippen LogP contribution in [-0.2, 0) is 0 Å². The first-order chi connectivity index (χ1) is 26.7. The highest BCUT2D eigenvalue weighted by Gasteiger charge is 2.21. The van der Waals surface area contributed by atoms with Crippen molar-refractivity contribution in [2.75, 3.05) is 0 Å². The lowest BCUT2D eigenvalue weighted by Gasteiger charge is -2.15. The second-order valence-corrected chi connectivity index (χ2v) is 15.5. The SMILES string of the molecule is c1ccc(-c2nc3cc4sc5cccc(-c6nc(-c7ccc8ccccc8c7)nc(-c7ccc8ccccc8c7-c7ccccc7)n6)c5c4cc3s2)cc1. The fraction of sp³-hybridized carbons (Fsp3) is 0. The highest BCUT2D eigenvalue weighted by atomic mass is 32.1. The molecule has 0 aliphatic carbocycles. The molecule has 0 N–H and O–H groups in total. The molecule has 3 heterocycles. The van der Waals surface area contributed by atoms with Gasteiger partial charge in [-0.25, -0.2) is 19.9 Å². The Labute approximate surface area is 318 Å². The second kappa shape index (κ2) is 12.5. The molecule has 11 aromatic rings. The van der Waals surface area contributed by atoms with Crippen LogP contribution < -0.4 is 0 Å². The number of thiazole rings is 1. The molecule has 0 atom stereocenters. The molecule has 0 bridgehead atoms. The third kappa shape index (κ3) is 5.18. The number of benzene rings is 8. The summed E-state index contributed by atoms with van der Waals surface area (Å²) >= 11 is 3.52. The monoisotopic (exact) mass is 724 g/mol. The number of fused-ring (bicyclic) bond motifs is 6. The van der Waals surface area contributed by atoms with Gasteiger partial charge in [0, 0.05) is 48.0 Å². The van der Waals surface area contributed by atoms with Crippen LogP contribution >= 0.6 is 22.7 Å². The predicted molar refractivity (Wildman–Crippen MR) is 228 cm³/mol. The molecule has 0 fully saturated rings. The topological polar surface area (TPSA) is 51.6 Å². The van der Waals surface area contributed by atoms with E-state index in [2.05, 4.69) is 164 Å². The highest BCUT2D eigenvalue weighted by Crippen LogP contribution is 2.44. The largest absolute Gasteiger partial charge is 0.236 e. The average molecular weight is 725 g/mol. The fourth-order valence-electron chi connectivity index (χ4n) is 7.59. The number of rotatable bonds is 5. The van der Waals surface area contributed by atoms with Gasteiger partial charge in [-0.15, -0.1) is 22.7 Å². The minimum atomic E-state index is 0.640. The van der Waals surface area contributed by atoms with Gasteiger partial charge in [0.05, 0.1) is 10.2 Å². The molecule has 0 saturated carbocycles. The summed E-state index contributed by atoms with van der Waals surface area (Å²) in [6, 6.07) is 59.7. The maximum absolute atomic E-state index is 5.37. The Morgan fingerprint density at radius 3 is 1.87 bits per heavy atom. The zero-order chi connectivity index (χ0) is 35.6. The number of hydrogen-bond donors (Lipinski definition) is 0. The van der Waals surface area contributed by atoms with E-state index >= 15 is 0 Å². The summed E-state index contributed by atoms with van der Waals surface area (Å²) in [4.78, 5) is 21.0. The zero-order valence-corrected chi connectivity index (χ0v) is 30.4. The zero-order valence-electron chi connectivity index (χ0n) is 28.8. The Hall–Kier alpha value is -6.60. The molecule has 6 heteroatoms. The van der Waals surface area contributed by atoms with Gasteiger partial charge in [0.15, 0.2) is 17.5 Å². The maximum Gasteiger partial charge on any atom is 0.164 e. The third-order valence-electron chi connectivity index (χ3n) is 10.1. The molecule has 0 aliphatic heterocycles. The van der Waals surface area contributed by atoms with Crippen molar-refractivity contribution >= 4 is 74.6 Å². The number of nitrogens with zero attached hydrogens (tertiary/aromatic N) is 4. The van der Waals surface area contributed by atoms with Crippen LogP contribution in [0.1, 0.15) is 0 Å². The van der Waals surface area contributed by atoms with Gasteiger partial charge in [-0.05, 0) is 57.4 Å². The van der Waals surface area contributed by atoms with E-state index in [4.69, 9.17) is 19.9 Å². The molecule has 0 radical (unpaired) electrons. The molecule has 0 unspecified atom stereocenters. The second-order valence-electron chi connectivity index (χ2n) is 13.4. The van der Waals surface area contributed by atoms with Crippen LogP contribution in [0.25, 0.3) is 108 Å². The number of hydrogen-bond acceptors (Lipinski definition) is 6. The van der Waals surface area contributed by atoms with Gasteiger partial charge in [-0.2, -0.15) is 0 Å². The van der Waals surface area contributed by atoms with Crippen molar-refractivity contribution in [2.45, 2.75) is 0 Å². The quantitative estimate of drug-likeness (QED) is 0.177. The van der Waals surface area contributed by atoms with E-state index in [9.17, 15) is 0 Å². The Balaban J connectivity index is 1.17. The first-order valence-electron chi connectivity index (χ1n) is 17.9. The first-order valence-corrected chi connectivity index (χ1v) is 19.5. The standard InChI is InChI=1S/C48H28N4S2/c1-3-14-31(15-4-1)43-35-19-10-9-13-30(35)24-25-37(43)47-51-45(34-23-22-29-12-7-8-18-33(29)26-34)50-46(52-47)36-20-11-21-40-44(36)38-27-42-39(28-41(38)53-40)49-48(54-42)32-16-5-2-6-17-32/h1-28H.